The summed E-state index contributed by atoms with van der Waals surface area (Å²) in [5.41, 5.74) is 0.704. The molecule has 0 unspecified atom stereocenters. The molecule has 0 fully saturated rings. The van der Waals surface area contributed by atoms with Gasteiger partial charge in [0.25, 0.3) is 0 Å². The van der Waals surface area contributed by atoms with Gasteiger partial charge in [0.1, 0.15) is 4.90 Å². The molecule has 0 atom stereocenters. The molecule has 6 nitrogen and oxygen atoms in total. The van der Waals surface area contributed by atoms with Crippen molar-refractivity contribution in [3.8, 4) is 0 Å². The summed E-state index contributed by atoms with van der Waals surface area (Å²) in [6, 6.07) is 7.04. The summed E-state index contributed by atoms with van der Waals surface area (Å²) in [4.78, 5) is 0.0903. The fourth-order valence-corrected chi connectivity index (χ4v) is 2.90. The van der Waals surface area contributed by atoms with E-state index in [0.29, 0.717) is 23.6 Å². The Bertz CT molecular complexity index is 700. The van der Waals surface area contributed by atoms with Crippen LogP contribution in [0.4, 0.5) is 0 Å². The standard InChI is InChI=1S/C13H16ClN3O3S/c14-13-5-2-1-4-11(13)8-16-21(19,20)12-9-15-17(10-12)6-3-7-18/h1-2,4-5,9-10,16,18H,3,6-8H2. The Morgan fingerprint density at radius 2 is 2.10 bits per heavy atom. The third kappa shape index (κ3) is 4.28. The minimum atomic E-state index is -3.63. The lowest BCUT2D eigenvalue weighted by Gasteiger charge is -2.06. The van der Waals surface area contributed by atoms with Gasteiger partial charge in [-0.1, -0.05) is 29.8 Å². The van der Waals surface area contributed by atoms with Gasteiger partial charge in [0.2, 0.25) is 10.0 Å². The molecule has 0 aliphatic carbocycles. The number of hydrogen-bond donors (Lipinski definition) is 2. The number of aliphatic hydroxyl groups excluding tert-OH is 1. The Morgan fingerprint density at radius 3 is 2.81 bits per heavy atom. The summed E-state index contributed by atoms with van der Waals surface area (Å²) in [7, 11) is -3.63. The smallest absolute Gasteiger partial charge is 0.243 e. The first-order valence-corrected chi connectivity index (χ1v) is 8.25. The molecule has 0 amide bonds. The van der Waals surface area contributed by atoms with Crippen LogP contribution < -0.4 is 4.72 Å². The molecule has 0 radical (unpaired) electrons. The number of aryl methyl sites for hydroxylation is 1. The zero-order valence-electron chi connectivity index (χ0n) is 11.2. The summed E-state index contributed by atoms with van der Waals surface area (Å²) in [5, 5.41) is 13.2. The molecule has 1 heterocycles. The lowest BCUT2D eigenvalue weighted by molar-refractivity contribution is 0.277. The predicted molar refractivity (Wildman–Crippen MR) is 79.4 cm³/mol. The van der Waals surface area contributed by atoms with E-state index < -0.39 is 10.0 Å². The van der Waals surface area contributed by atoms with Crippen molar-refractivity contribution in [3.63, 3.8) is 0 Å². The fraction of sp³-hybridized carbons (Fsp3) is 0.308. The molecule has 0 saturated heterocycles. The van der Waals surface area contributed by atoms with Crippen LogP contribution in [0, 0.1) is 0 Å². The maximum absolute atomic E-state index is 12.1. The van der Waals surface area contributed by atoms with E-state index in [4.69, 9.17) is 16.7 Å². The van der Waals surface area contributed by atoms with Gasteiger partial charge in [-0.3, -0.25) is 4.68 Å². The molecule has 2 rings (SSSR count). The van der Waals surface area contributed by atoms with Crippen LogP contribution in [0.15, 0.2) is 41.6 Å². The molecule has 0 saturated carbocycles. The fourth-order valence-electron chi connectivity index (χ4n) is 1.74. The van der Waals surface area contributed by atoms with E-state index in [2.05, 4.69) is 9.82 Å². The van der Waals surface area contributed by atoms with Crippen molar-refractivity contribution in [1.82, 2.24) is 14.5 Å². The first-order valence-electron chi connectivity index (χ1n) is 6.39. The maximum atomic E-state index is 12.1. The van der Waals surface area contributed by atoms with Crippen LogP contribution in [0.2, 0.25) is 5.02 Å². The highest BCUT2D eigenvalue weighted by Gasteiger charge is 2.16. The number of hydrogen-bond acceptors (Lipinski definition) is 4. The van der Waals surface area contributed by atoms with Crippen LogP contribution in [0.25, 0.3) is 0 Å². The summed E-state index contributed by atoms with van der Waals surface area (Å²) in [6.07, 6.45) is 3.24. The van der Waals surface area contributed by atoms with Gasteiger partial charge in [-0.05, 0) is 18.1 Å². The molecular weight excluding hydrogens is 314 g/mol. The number of aromatic nitrogens is 2. The highest BCUT2D eigenvalue weighted by atomic mass is 35.5. The maximum Gasteiger partial charge on any atom is 0.243 e. The number of rotatable bonds is 7. The van der Waals surface area contributed by atoms with E-state index in [1.165, 1.54) is 17.1 Å². The number of nitrogens with one attached hydrogen (secondary N) is 1. The molecule has 0 aliphatic heterocycles. The van der Waals surface area contributed by atoms with Gasteiger partial charge in [-0.2, -0.15) is 5.10 Å². The highest BCUT2D eigenvalue weighted by Crippen LogP contribution is 2.16. The van der Waals surface area contributed by atoms with Crippen molar-refractivity contribution in [2.75, 3.05) is 6.61 Å². The summed E-state index contributed by atoms with van der Waals surface area (Å²) in [6.45, 7) is 0.618. The minimum absolute atomic E-state index is 0.0344. The van der Waals surface area contributed by atoms with E-state index in [-0.39, 0.29) is 18.0 Å². The van der Waals surface area contributed by atoms with Crippen LogP contribution in [-0.2, 0) is 23.1 Å². The van der Waals surface area contributed by atoms with Gasteiger partial charge in [0.15, 0.2) is 0 Å². The lowest BCUT2D eigenvalue weighted by atomic mass is 10.2. The molecule has 1 aromatic carbocycles. The van der Waals surface area contributed by atoms with Crippen molar-refractivity contribution in [2.24, 2.45) is 0 Å². The topological polar surface area (TPSA) is 84.2 Å². The Morgan fingerprint density at radius 1 is 1.33 bits per heavy atom. The molecule has 1 aromatic heterocycles. The third-order valence-electron chi connectivity index (χ3n) is 2.88. The van der Waals surface area contributed by atoms with Crippen LogP contribution >= 0.6 is 11.6 Å². The third-order valence-corrected chi connectivity index (χ3v) is 4.60. The molecule has 21 heavy (non-hydrogen) atoms. The molecule has 2 aromatic rings. The van der Waals surface area contributed by atoms with E-state index >= 15 is 0 Å². The van der Waals surface area contributed by atoms with Gasteiger partial charge in [-0.25, -0.2) is 13.1 Å². The lowest BCUT2D eigenvalue weighted by Crippen LogP contribution is -2.23. The second-order valence-electron chi connectivity index (χ2n) is 4.43. The Kier molecular flexibility index (Phi) is 5.35. The van der Waals surface area contributed by atoms with Crippen molar-refractivity contribution < 1.29 is 13.5 Å². The summed E-state index contributed by atoms with van der Waals surface area (Å²) >= 11 is 5.99. The molecule has 2 N–H and O–H groups in total. The van der Waals surface area contributed by atoms with Gasteiger partial charge in [-0.15, -0.1) is 0 Å². The van der Waals surface area contributed by atoms with E-state index in [9.17, 15) is 8.42 Å². The number of aliphatic hydroxyl groups is 1. The molecule has 0 spiro atoms. The summed E-state index contributed by atoms with van der Waals surface area (Å²) < 4.78 is 28.3. The van der Waals surface area contributed by atoms with Gasteiger partial charge < -0.3 is 5.11 Å². The van der Waals surface area contributed by atoms with E-state index in [0.717, 1.165) is 0 Å². The molecule has 8 heteroatoms. The average molecular weight is 330 g/mol. The Balaban J connectivity index is 2.05. The molecule has 0 aliphatic rings. The Hall–Kier alpha value is -1.41. The van der Waals surface area contributed by atoms with Gasteiger partial charge in [0.05, 0.1) is 6.20 Å². The zero-order chi connectivity index (χ0) is 15.3. The summed E-state index contributed by atoms with van der Waals surface area (Å²) in [5.74, 6) is 0. The van der Waals surface area contributed by atoms with Crippen LogP contribution in [0.5, 0.6) is 0 Å². The SMILES string of the molecule is O=S(=O)(NCc1ccccc1Cl)c1cnn(CCCO)c1. The van der Waals surface area contributed by atoms with Crippen molar-refractivity contribution >= 4 is 21.6 Å². The van der Waals surface area contributed by atoms with E-state index in [1.807, 2.05) is 0 Å². The second kappa shape index (κ2) is 7.04. The van der Waals surface area contributed by atoms with Crippen LogP contribution in [-0.4, -0.2) is 29.9 Å². The quantitative estimate of drug-likeness (QED) is 0.804. The first kappa shape index (κ1) is 16.0. The number of halogens is 1. The van der Waals surface area contributed by atoms with Gasteiger partial charge >= 0.3 is 0 Å². The first-order chi connectivity index (χ1) is 10.0. The normalized spacial score (nSPS) is 11.7. The molecular formula is C13H16ClN3O3S. The number of sulfonamides is 1. The highest BCUT2D eigenvalue weighted by molar-refractivity contribution is 7.89. The Labute approximate surface area is 128 Å². The average Bonchev–Trinajstić information content (AvgIpc) is 2.94. The van der Waals surface area contributed by atoms with Crippen molar-refractivity contribution in [2.45, 2.75) is 24.4 Å². The van der Waals surface area contributed by atoms with Crippen molar-refractivity contribution in [3.05, 3.63) is 47.2 Å². The monoisotopic (exact) mass is 329 g/mol. The number of benzene rings is 1. The van der Waals surface area contributed by atoms with E-state index in [1.54, 1.807) is 24.3 Å². The zero-order valence-corrected chi connectivity index (χ0v) is 12.8. The largest absolute Gasteiger partial charge is 0.396 e. The van der Waals surface area contributed by atoms with Crippen molar-refractivity contribution in [1.29, 1.82) is 0 Å². The second-order valence-corrected chi connectivity index (χ2v) is 6.61. The molecule has 114 valence electrons. The molecule has 0 bridgehead atoms. The number of nitrogens with zero attached hydrogens (tertiary/aromatic N) is 2. The predicted octanol–water partition coefficient (Wildman–Crippen LogP) is 1.40. The van der Waals surface area contributed by atoms with Crippen LogP contribution in [0.1, 0.15) is 12.0 Å². The van der Waals surface area contributed by atoms with Crippen LogP contribution in [0.3, 0.4) is 0 Å². The minimum Gasteiger partial charge on any atom is -0.396 e. The van der Waals surface area contributed by atoms with Gasteiger partial charge in [0, 0.05) is 30.9 Å².